The van der Waals surface area contributed by atoms with Crippen LogP contribution in [-0.4, -0.2) is 75.5 Å². The van der Waals surface area contributed by atoms with E-state index in [1.54, 1.807) is 21.1 Å². The molecule has 0 aromatic carbocycles. The molecule has 8 nitrogen and oxygen atoms in total. The zero-order valence-electron chi connectivity index (χ0n) is 36.5. The van der Waals surface area contributed by atoms with Gasteiger partial charge in [-0.15, -0.1) is 0 Å². The molecule has 0 aromatic heterocycles. The summed E-state index contributed by atoms with van der Waals surface area (Å²) in [5.41, 5.74) is 0. The minimum Gasteiger partial charge on any atom is -0.544 e. The van der Waals surface area contributed by atoms with E-state index in [1.165, 1.54) is 51.4 Å². The van der Waals surface area contributed by atoms with Gasteiger partial charge >= 0.3 is 11.9 Å². The molecule has 0 saturated carbocycles. The lowest BCUT2D eigenvalue weighted by atomic mass is 10.1. The average molecular weight is 786 g/mol. The van der Waals surface area contributed by atoms with E-state index in [9.17, 15) is 19.5 Å². The molecule has 0 aliphatic rings. The number of unbranched alkanes of at least 4 members (excludes halogenated alkanes) is 15. The van der Waals surface area contributed by atoms with Gasteiger partial charge in [-0.2, -0.15) is 0 Å². The number of carbonyl (C=O) groups is 3. The number of rotatable bonds is 39. The first-order chi connectivity index (χ1) is 27.1. The van der Waals surface area contributed by atoms with Crippen LogP contribution in [0.5, 0.6) is 0 Å². The number of esters is 2. The van der Waals surface area contributed by atoms with Crippen molar-refractivity contribution < 1.29 is 38.2 Å². The van der Waals surface area contributed by atoms with Crippen molar-refractivity contribution in [1.82, 2.24) is 0 Å². The van der Waals surface area contributed by atoms with E-state index in [1.807, 2.05) is 0 Å². The second kappa shape index (κ2) is 38.9. The number of carboxylic acids is 1. The molecule has 0 spiro atoms. The van der Waals surface area contributed by atoms with Crippen LogP contribution >= 0.6 is 0 Å². The maximum Gasteiger partial charge on any atom is 0.306 e. The summed E-state index contributed by atoms with van der Waals surface area (Å²) in [6, 6.07) is -0.731. The van der Waals surface area contributed by atoms with Gasteiger partial charge in [-0.1, -0.05) is 139 Å². The SMILES string of the molecule is CC/C=C\C/C=C\C/C=C\C/C=C\CCCCCCCCC(=O)OC(COCCC(C(=O)[O-])[N+](C)(C)C)COC(=O)CCCCCCC/C=C\CCCCCC. The summed E-state index contributed by atoms with van der Waals surface area (Å²) >= 11 is 0. The van der Waals surface area contributed by atoms with Crippen molar-refractivity contribution in [3.8, 4) is 0 Å². The van der Waals surface area contributed by atoms with Crippen molar-refractivity contribution in [2.45, 2.75) is 187 Å². The molecular formula is C48H83NO7. The molecule has 0 aliphatic heterocycles. The third-order valence-corrected chi connectivity index (χ3v) is 9.64. The molecule has 56 heavy (non-hydrogen) atoms. The number of hydrogen-bond donors (Lipinski definition) is 0. The second-order valence-electron chi connectivity index (χ2n) is 15.9. The minimum absolute atomic E-state index is 0.0302. The second-order valence-corrected chi connectivity index (χ2v) is 15.9. The van der Waals surface area contributed by atoms with E-state index in [0.29, 0.717) is 12.8 Å². The number of carbonyl (C=O) groups excluding carboxylic acids is 3. The Hall–Kier alpha value is -2.97. The first-order valence-electron chi connectivity index (χ1n) is 22.3. The molecule has 0 heterocycles. The summed E-state index contributed by atoms with van der Waals surface area (Å²) in [6.45, 7) is 4.50. The van der Waals surface area contributed by atoms with Gasteiger partial charge in [-0.3, -0.25) is 9.59 Å². The standard InChI is InChI=1S/C48H83NO7/c1-6-8-10-12-14-16-18-20-21-22-23-24-25-27-29-31-33-35-37-39-47(51)56-44(42-54-41-40-45(48(52)53)49(3,4)5)43-55-46(50)38-36-34-32-30-28-26-19-17-15-13-11-9-7-2/h8,10,14,16-17,19-21,23-24,44-45H,6-7,9,11-13,15,18,22,25-43H2,1-5H3/b10-8-,16-14-,19-17-,21-20-,24-23-. The maximum atomic E-state index is 12.7. The van der Waals surface area contributed by atoms with Crippen LogP contribution in [0.4, 0.5) is 0 Å². The molecule has 0 aromatic rings. The lowest BCUT2D eigenvalue weighted by Gasteiger charge is -2.34. The van der Waals surface area contributed by atoms with Gasteiger partial charge < -0.3 is 28.6 Å². The largest absolute Gasteiger partial charge is 0.544 e. The maximum absolute atomic E-state index is 12.7. The Morgan fingerprint density at radius 1 is 0.554 bits per heavy atom. The predicted octanol–water partition coefficient (Wildman–Crippen LogP) is 10.9. The van der Waals surface area contributed by atoms with Gasteiger partial charge in [-0.05, 0) is 77.0 Å². The Kier molecular flexibility index (Phi) is 36.8. The molecular weight excluding hydrogens is 703 g/mol. The van der Waals surface area contributed by atoms with Crippen molar-refractivity contribution in [2.75, 3.05) is 41.0 Å². The topological polar surface area (TPSA) is 102 Å². The van der Waals surface area contributed by atoms with Crippen LogP contribution in [0.1, 0.15) is 174 Å². The molecule has 0 N–H and O–H groups in total. The van der Waals surface area contributed by atoms with Crippen molar-refractivity contribution >= 4 is 17.9 Å². The molecule has 0 fully saturated rings. The van der Waals surface area contributed by atoms with Gasteiger partial charge in [0.1, 0.15) is 12.6 Å². The van der Waals surface area contributed by atoms with Gasteiger partial charge in [0.2, 0.25) is 0 Å². The Morgan fingerprint density at radius 3 is 1.50 bits per heavy atom. The number of carboxylic acid groups (broad SMARTS) is 1. The fraction of sp³-hybridized carbons (Fsp3) is 0.729. The third-order valence-electron chi connectivity index (χ3n) is 9.64. The molecule has 2 atom stereocenters. The summed E-state index contributed by atoms with van der Waals surface area (Å²) < 4.78 is 17.1. The predicted molar refractivity (Wildman–Crippen MR) is 231 cm³/mol. The first-order valence-corrected chi connectivity index (χ1v) is 22.3. The van der Waals surface area contributed by atoms with Crippen LogP contribution in [-0.2, 0) is 28.6 Å². The van der Waals surface area contributed by atoms with Gasteiger partial charge in [0.05, 0.1) is 40.3 Å². The molecule has 2 unspecified atom stereocenters. The van der Waals surface area contributed by atoms with E-state index in [4.69, 9.17) is 14.2 Å². The third kappa shape index (κ3) is 36.7. The number of quaternary nitrogens is 1. The van der Waals surface area contributed by atoms with E-state index in [0.717, 1.165) is 89.9 Å². The summed E-state index contributed by atoms with van der Waals surface area (Å²) in [5.74, 6) is -1.77. The summed E-state index contributed by atoms with van der Waals surface area (Å²) in [5, 5.41) is 11.6. The van der Waals surface area contributed by atoms with Crippen molar-refractivity contribution in [3.05, 3.63) is 60.8 Å². The van der Waals surface area contributed by atoms with Crippen molar-refractivity contribution in [2.24, 2.45) is 0 Å². The van der Waals surface area contributed by atoms with E-state index in [2.05, 4.69) is 74.6 Å². The monoisotopic (exact) mass is 786 g/mol. The average Bonchev–Trinajstić information content (AvgIpc) is 3.15. The number of nitrogens with zero attached hydrogens (tertiary/aromatic N) is 1. The molecule has 0 bridgehead atoms. The Balaban J connectivity index is 4.38. The Bertz CT molecular complexity index is 1100. The molecule has 0 aliphatic carbocycles. The number of ether oxygens (including phenoxy) is 3. The molecule has 8 heteroatoms. The van der Waals surface area contributed by atoms with Gasteiger partial charge in [-0.25, -0.2) is 0 Å². The summed E-state index contributed by atoms with van der Waals surface area (Å²) in [4.78, 5) is 36.8. The van der Waals surface area contributed by atoms with Crippen LogP contribution in [0.3, 0.4) is 0 Å². The molecule has 322 valence electrons. The van der Waals surface area contributed by atoms with Gasteiger partial charge in [0.25, 0.3) is 0 Å². The highest BCUT2D eigenvalue weighted by molar-refractivity contribution is 5.70. The van der Waals surface area contributed by atoms with Crippen LogP contribution in [0.15, 0.2) is 60.8 Å². The fourth-order valence-electron chi connectivity index (χ4n) is 6.17. The molecule has 0 saturated heterocycles. The van der Waals surface area contributed by atoms with Crippen LogP contribution < -0.4 is 5.11 Å². The lowest BCUT2D eigenvalue weighted by Crippen LogP contribution is -2.55. The molecule has 0 rings (SSSR count). The fourth-order valence-corrected chi connectivity index (χ4v) is 6.17. The highest BCUT2D eigenvalue weighted by Crippen LogP contribution is 2.13. The van der Waals surface area contributed by atoms with Crippen LogP contribution in [0, 0.1) is 0 Å². The normalized spacial score (nSPS) is 13.5. The zero-order valence-corrected chi connectivity index (χ0v) is 36.5. The number of aliphatic carboxylic acids is 1. The van der Waals surface area contributed by atoms with E-state index < -0.39 is 18.1 Å². The number of hydrogen-bond acceptors (Lipinski definition) is 7. The van der Waals surface area contributed by atoms with Gasteiger partial charge in [0, 0.05) is 19.3 Å². The Labute approximate surface area is 343 Å². The van der Waals surface area contributed by atoms with Crippen molar-refractivity contribution in [1.29, 1.82) is 0 Å². The van der Waals surface area contributed by atoms with Crippen LogP contribution in [0.2, 0.25) is 0 Å². The highest BCUT2D eigenvalue weighted by Gasteiger charge is 2.25. The number of allylic oxidation sites excluding steroid dienone is 10. The summed E-state index contributed by atoms with van der Waals surface area (Å²) in [6.07, 6.45) is 46.7. The minimum atomic E-state index is -1.13. The zero-order chi connectivity index (χ0) is 41.4. The molecule has 0 amide bonds. The first kappa shape index (κ1) is 53.0. The van der Waals surface area contributed by atoms with E-state index in [-0.39, 0.29) is 42.7 Å². The highest BCUT2D eigenvalue weighted by atomic mass is 16.6. The molecule has 0 radical (unpaired) electrons. The lowest BCUT2D eigenvalue weighted by molar-refractivity contribution is -0.889. The summed E-state index contributed by atoms with van der Waals surface area (Å²) in [7, 11) is 5.39. The smallest absolute Gasteiger partial charge is 0.306 e. The number of likely N-dealkylation sites (N-methyl/N-ethyl adjacent to an activating group) is 1. The van der Waals surface area contributed by atoms with Crippen molar-refractivity contribution in [3.63, 3.8) is 0 Å². The van der Waals surface area contributed by atoms with Crippen LogP contribution in [0.25, 0.3) is 0 Å². The Morgan fingerprint density at radius 2 is 1.00 bits per heavy atom. The van der Waals surface area contributed by atoms with Gasteiger partial charge in [0.15, 0.2) is 6.10 Å². The van der Waals surface area contributed by atoms with E-state index >= 15 is 0 Å². The quantitative estimate of drug-likeness (QED) is 0.0265.